The number of carbonyl (C=O) groups is 2. The van der Waals surface area contributed by atoms with Crippen molar-refractivity contribution in [1.82, 2.24) is 9.80 Å². The molecule has 0 spiro atoms. The zero-order valence-electron chi connectivity index (χ0n) is 27.6. The van der Waals surface area contributed by atoms with Gasteiger partial charge in [0.1, 0.15) is 12.2 Å². The Hall–Kier alpha value is -4.77. The molecule has 2 unspecified atom stereocenters. The van der Waals surface area contributed by atoms with Crippen LogP contribution in [0.2, 0.25) is 0 Å². The third-order valence-corrected chi connectivity index (χ3v) is 9.35. The molecule has 0 radical (unpaired) electrons. The fourth-order valence-electron chi connectivity index (χ4n) is 6.14. The number of nitrogens with zero attached hydrogens (tertiary/aromatic N) is 2. The maximum atomic E-state index is 13.3. The van der Waals surface area contributed by atoms with E-state index in [0.717, 1.165) is 21.7 Å². The summed E-state index contributed by atoms with van der Waals surface area (Å²) in [5.74, 6) is -0.0957. The molecule has 0 aliphatic carbocycles. The van der Waals surface area contributed by atoms with Crippen molar-refractivity contribution in [1.29, 1.82) is 0 Å². The smallest absolute Gasteiger partial charge is 0.370 e. The van der Waals surface area contributed by atoms with Gasteiger partial charge >= 0.3 is 6.18 Å². The third-order valence-electron chi connectivity index (χ3n) is 8.82. The molecule has 0 bridgehead atoms. The molecule has 0 aromatic heterocycles. The predicted molar refractivity (Wildman–Crippen MR) is 193 cm³/mol. The molecule has 0 N–H and O–H groups in total. The number of benzene rings is 5. The molecule has 7 rings (SSSR count). The number of hydrogen-bond donors (Lipinski definition) is 0. The molecule has 2 aliphatic rings. The van der Waals surface area contributed by atoms with Crippen molar-refractivity contribution in [2.75, 3.05) is 39.4 Å². The Bertz CT molecular complexity index is 1910. The summed E-state index contributed by atoms with van der Waals surface area (Å²) in [4.78, 5) is 29.1. The van der Waals surface area contributed by atoms with Crippen molar-refractivity contribution in [3.63, 3.8) is 0 Å². The molecule has 2 amide bonds. The van der Waals surface area contributed by atoms with Gasteiger partial charge in [-0.15, -0.1) is 0 Å². The van der Waals surface area contributed by atoms with Crippen molar-refractivity contribution in [3.05, 3.63) is 166 Å². The average Bonchev–Trinajstić information content (AvgIpc) is 3.18. The van der Waals surface area contributed by atoms with Crippen molar-refractivity contribution in [3.8, 4) is 11.1 Å². The molecule has 2 fully saturated rings. The summed E-state index contributed by atoms with van der Waals surface area (Å²) < 4.78 is 52.4. The fraction of sp³-hybridized carbons (Fsp3) is 0.220. The number of rotatable bonds is 5. The predicted octanol–water partition coefficient (Wildman–Crippen LogP) is 9.25. The highest BCUT2D eigenvalue weighted by molar-refractivity contribution is 9.10. The van der Waals surface area contributed by atoms with E-state index in [1.165, 1.54) is 12.1 Å². The molecule has 2 heterocycles. The lowest BCUT2D eigenvalue weighted by atomic mass is 9.98. The lowest BCUT2D eigenvalue weighted by Gasteiger charge is -2.33. The maximum absolute atomic E-state index is 13.3. The normalized spacial score (nSPS) is 17.6. The molecule has 2 aliphatic heterocycles. The van der Waals surface area contributed by atoms with Gasteiger partial charge in [-0.3, -0.25) is 9.59 Å². The van der Waals surface area contributed by atoms with Crippen LogP contribution in [0.5, 0.6) is 0 Å². The number of hydrogen-bond acceptors (Lipinski definition) is 4. The standard InChI is InChI=1S/C24H20F3NO2.C17H16BrNO2/c25-24(26,27)21-9-5-4-8-20(21)17-10-12-19(13-11-17)23(29)28-14-15-30-22(16-28)18-6-2-1-3-7-18;18-15-8-6-14(7-9-15)17(20)19-10-11-21-16(12-19)13-4-2-1-3-5-13/h1-13,22H,14-16H2;1-9,16H,10-12H2. The van der Waals surface area contributed by atoms with Crippen LogP contribution in [-0.4, -0.2) is 61.0 Å². The quantitative estimate of drug-likeness (QED) is 0.180. The van der Waals surface area contributed by atoms with Gasteiger partial charge in [0.15, 0.2) is 0 Å². The summed E-state index contributed by atoms with van der Waals surface area (Å²) in [7, 11) is 0. The van der Waals surface area contributed by atoms with Crippen LogP contribution >= 0.6 is 15.9 Å². The molecule has 2 atom stereocenters. The minimum Gasteiger partial charge on any atom is -0.370 e. The zero-order valence-corrected chi connectivity index (χ0v) is 29.2. The number of carbonyl (C=O) groups excluding carboxylic acids is 2. The van der Waals surface area contributed by atoms with E-state index in [2.05, 4.69) is 15.9 Å². The van der Waals surface area contributed by atoms with Crippen LogP contribution in [0.25, 0.3) is 11.1 Å². The van der Waals surface area contributed by atoms with Crippen molar-refractivity contribution < 1.29 is 32.2 Å². The van der Waals surface area contributed by atoms with Crippen molar-refractivity contribution in [2.24, 2.45) is 0 Å². The van der Waals surface area contributed by atoms with Crippen LogP contribution in [0, 0.1) is 0 Å². The highest BCUT2D eigenvalue weighted by Gasteiger charge is 2.33. The first-order valence-electron chi connectivity index (χ1n) is 16.6. The monoisotopic (exact) mass is 756 g/mol. The number of amides is 2. The maximum Gasteiger partial charge on any atom is 0.417 e. The van der Waals surface area contributed by atoms with Gasteiger partial charge in [0.25, 0.3) is 11.8 Å². The number of ether oxygens (including phenoxy) is 2. The van der Waals surface area contributed by atoms with Crippen LogP contribution in [-0.2, 0) is 15.7 Å². The van der Waals surface area contributed by atoms with Crippen LogP contribution in [0.15, 0.2) is 138 Å². The molecule has 5 aromatic carbocycles. The second kappa shape index (κ2) is 16.5. The molecular weight excluding hydrogens is 721 g/mol. The Morgan fingerprint density at radius 3 is 1.49 bits per heavy atom. The van der Waals surface area contributed by atoms with Gasteiger partial charge in [0, 0.05) is 28.7 Å². The van der Waals surface area contributed by atoms with E-state index >= 15 is 0 Å². The molecule has 262 valence electrons. The minimum atomic E-state index is -4.44. The molecular formula is C41H36BrF3N2O4. The van der Waals surface area contributed by atoms with Gasteiger partial charge in [-0.05, 0) is 64.7 Å². The second-order valence-corrected chi connectivity index (χ2v) is 13.1. The van der Waals surface area contributed by atoms with E-state index in [1.54, 1.807) is 35.2 Å². The van der Waals surface area contributed by atoms with Crippen LogP contribution in [0.1, 0.15) is 49.6 Å². The van der Waals surface area contributed by atoms with E-state index in [0.29, 0.717) is 56.1 Å². The lowest BCUT2D eigenvalue weighted by Crippen LogP contribution is -2.42. The Morgan fingerprint density at radius 2 is 1.02 bits per heavy atom. The van der Waals surface area contributed by atoms with Crippen LogP contribution in [0.3, 0.4) is 0 Å². The lowest BCUT2D eigenvalue weighted by molar-refractivity contribution is -0.137. The second-order valence-electron chi connectivity index (χ2n) is 12.2. The molecule has 6 nitrogen and oxygen atoms in total. The first-order chi connectivity index (χ1) is 24.7. The summed E-state index contributed by atoms with van der Waals surface area (Å²) >= 11 is 3.39. The Morgan fingerprint density at radius 1 is 0.588 bits per heavy atom. The van der Waals surface area contributed by atoms with Crippen LogP contribution in [0.4, 0.5) is 13.2 Å². The summed E-state index contributed by atoms with van der Waals surface area (Å²) in [5, 5.41) is 0. The average molecular weight is 758 g/mol. The summed E-state index contributed by atoms with van der Waals surface area (Å²) in [6.45, 7) is 3.14. The molecule has 51 heavy (non-hydrogen) atoms. The van der Waals surface area contributed by atoms with Crippen molar-refractivity contribution >= 4 is 27.7 Å². The summed E-state index contributed by atoms with van der Waals surface area (Å²) in [6, 6.07) is 39.0. The number of halogens is 4. The topological polar surface area (TPSA) is 59.1 Å². The Kier molecular flexibility index (Phi) is 11.7. The van der Waals surface area contributed by atoms with E-state index in [-0.39, 0.29) is 29.6 Å². The number of morpholine rings is 2. The summed E-state index contributed by atoms with van der Waals surface area (Å²) in [6.07, 6.45) is -4.67. The van der Waals surface area contributed by atoms with E-state index in [9.17, 15) is 22.8 Å². The first kappa shape index (κ1) is 36.0. The highest BCUT2D eigenvalue weighted by atomic mass is 79.9. The van der Waals surface area contributed by atoms with E-state index in [1.807, 2.05) is 89.8 Å². The van der Waals surface area contributed by atoms with Gasteiger partial charge in [0.05, 0.1) is 31.9 Å². The van der Waals surface area contributed by atoms with Gasteiger partial charge < -0.3 is 19.3 Å². The minimum absolute atomic E-state index is 0.0423. The fourth-order valence-corrected chi connectivity index (χ4v) is 6.40. The molecule has 10 heteroatoms. The first-order valence-corrected chi connectivity index (χ1v) is 17.4. The highest BCUT2D eigenvalue weighted by Crippen LogP contribution is 2.37. The number of alkyl halides is 3. The third kappa shape index (κ3) is 9.13. The molecule has 2 saturated heterocycles. The van der Waals surface area contributed by atoms with Gasteiger partial charge in [-0.25, -0.2) is 0 Å². The Labute approximate surface area is 303 Å². The van der Waals surface area contributed by atoms with E-state index in [4.69, 9.17) is 9.47 Å². The largest absolute Gasteiger partial charge is 0.417 e. The van der Waals surface area contributed by atoms with Gasteiger partial charge in [-0.1, -0.05) is 107 Å². The van der Waals surface area contributed by atoms with Gasteiger partial charge in [-0.2, -0.15) is 13.2 Å². The summed E-state index contributed by atoms with van der Waals surface area (Å²) in [5.41, 5.74) is 3.11. The van der Waals surface area contributed by atoms with Crippen molar-refractivity contribution in [2.45, 2.75) is 18.4 Å². The van der Waals surface area contributed by atoms with Crippen LogP contribution < -0.4 is 0 Å². The zero-order chi connectivity index (χ0) is 35.8. The Balaban J connectivity index is 0.000000187. The molecule has 5 aromatic rings. The van der Waals surface area contributed by atoms with Gasteiger partial charge in [0.2, 0.25) is 0 Å². The SMILES string of the molecule is O=C(c1ccc(-c2ccccc2C(F)(F)F)cc1)N1CCOC(c2ccccc2)C1.O=C(c1ccc(Br)cc1)N1CCOC(c2ccccc2)C1. The van der Waals surface area contributed by atoms with E-state index < -0.39 is 11.7 Å². The molecule has 0 saturated carbocycles.